The third-order valence-electron chi connectivity index (χ3n) is 6.71. The van der Waals surface area contributed by atoms with Crippen molar-refractivity contribution in [3.63, 3.8) is 0 Å². The predicted molar refractivity (Wildman–Crippen MR) is 116 cm³/mol. The van der Waals surface area contributed by atoms with E-state index >= 15 is 0 Å². The van der Waals surface area contributed by atoms with Crippen LogP contribution in [0, 0.1) is 0 Å². The maximum Gasteiger partial charge on any atom is 0.263 e. The van der Waals surface area contributed by atoms with E-state index in [1.165, 1.54) is 12.8 Å². The van der Waals surface area contributed by atoms with Crippen molar-refractivity contribution in [3.8, 4) is 5.69 Å². The summed E-state index contributed by atoms with van der Waals surface area (Å²) >= 11 is 0. The van der Waals surface area contributed by atoms with E-state index < -0.39 is 0 Å². The Morgan fingerprint density at radius 2 is 1.90 bits per heavy atom. The van der Waals surface area contributed by atoms with Gasteiger partial charge in [0.2, 0.25) is 5.95 Å². The van der Waals surface area contributed by atoms with Gasteiger partial charge in [-0.05, 0) is 31.9 Å². The molecular weight excluding hydrogens is 380 g/mol. The summed E-state index contributed by atoms with van der Waals surface area (Å²) in [5.41, 5.74) is 1.33. The molecule has 1 atom stereocenters. The lowest BCUT2D eigenvalue weighted by atomic mass is 9.86. The highest BCUT2D eigenvalue weighted by Crippen LogP contribution is 2.39. The van der Waals surface area contributed by atoms with E-state index in [9.17, 15) is 4.79 Å². The molecule has 0 unspecified atom stereocenters. The van der Waals surface area contributed by atoms with E-state index in [1.807, 2.05) is 30.3 Å². The van der Waals surface area contributed by atoms with E-state index in [-0.39, 0.29) is 17.1 Å². The Balaban J connectivity index is 1.48. The van der Waals surface area contributed by atoms with Gasteiger partial charge in [0, 0.05) is 24.7 Å². The Labute approximate surface area is 175 Å². The van der Waals surface area contributed by atoms with Gasteiger partial charge in [0.15, 0.2) is 5.65 Å². The molecule has 2 aromatic heterocycles. The van der Waals surface area contributed by atoms with Crippen LogP contribution in [-0.2, 0) is 4.74 Å². The number of morpholine rings is 1. The van der Waals surface area contributed by atoms with Gasteiger partial charge >= 0.3 is 0 Å². The number of nitrogens with zero attached hydrogens (tertiary/aromatic N) is 4. The SMILES string of the molecule is C[C@H](Nc1nc2c(cnn2-c2ccccc2)c(=O)[nH]1)C1(N2CCOCC2)CCCC1. The smallest absolute Gasteiger partial charge is 0.263 e. The van der Waals surface area contributed by atoms with Gasteiger partial charge in [-0.2, -0.15) is 10.1 Å². The number of para-hydroxylation sites is 1. The first-order valence-electron chi connectivity index (χ1n) is 10.8. The highest BCUT2D eigenvalue weighted by atomic mass is 16.5. The number of aromatic nitrogens is 4. The van der Waals surface area contributed by atoms with Crippen molar-refractivity contribution in [2.45, 2.75) is 44.2 Å². The largest absolute Gasteiger partial charge is 0.379 e. The van der Waals surface area contributed by atoms with Crippen molar-refractivity contribution in [1.82, 2.24) is 24.6 Å². The van der Waals surface area contributed by atoms with Crippen molar-refractivity contribution >= 4 is 17.0 Å². The quantitative estimate of drug-likeness (QED) is 0.675. The zero-order valence-electron chi connectivity index (χ0n) is 17.3. The van der Waals surface area contributed by atoms with E-state index in [0.717, 1.165) is 44.8 Å². The van der Waals surface area contributed by atoms with Gasteiger partial charge in [-0.1, -0.05) is 31.0 Å². The number of hydrogen-bond donors (Lipinski definition) is 2. The van der Waals surface area contributed by atoms with Gasteiger partial charge in [-0.15, -0.1) is 0 Å². The van der Waals surface area contributed by atoms with Gasteiger partial charge in [-0.25, -0.2) is 4.68 Å². The van der Waals surface area contributed by atoms with Crippen molar-refractivity contribution in [1.29, 1.82) is 0 Å². The van der Waals surface area contributed by atoms with Crippen LogP contribution in [0.1, 0.15) is 32.6 Å². The molecule has 158 valence electrons. The molecule has 1 aliphatic heterocycles. The van der Waals surface area contributed by atoms with Crippen molar-refractivity contribution in [2.75, 3.05) is 31.6 Å². The Bertz CT molecular complexity index is 1060. The molecule has 1 saturated carbocycles. The molecule has 0 radical (unpaired) electrons. The molecule has 8 heteroatoms. The molecule has 1 aliphatic carbocycles. The molecular formula is C22H28N6O2. The summed E-state index contributed by atoms with van der Waals surface area (Å²) in [5.74, 6) is 0.497. The molecule has 3 aromatic rings. The standard InChI is InChI=1S/C22H28N6O2/c1-16(22(9-5-6-10-22)27-11-13-30-14-12-27)24-21-25-19-18(20(29)26-21)15-23-28(19)17-7-3-2-4-8-17/h2-4,7-8,15-16H,5-6,9-14H2,1H3,(H2,24,25,26,29)/t16-/m0/s1. The minimum absolute atomic E-state index is 0.0664. The number of rotatable bonds is 5. The second-order valence-electron chi connectivity index (χ2n) is 8.32. The molecule has 8 nitrogen and oxygen atoms in total. The summed E-state index contributed by atoms with van der Waals surface area (Å²) in [6.07, 6.45) is 6.33. The molecule has 0 amide bonds. The van der Waals surface area contributed by atoms with Gasteiger partial charge in [0.25, 0.3) is 5.56 Å². The molecule has 0 bridgehead atoms. The van der Waals surface area contributed by atoms with Crippen molar-refractivity contribution in [2.24, 2.45) is 0 Å². The predicted octanol–water partition coefficient (Wildman–Crippen LogP) is 2.55. The minimum Gasteiger partial charge on any atom is -0.379 e. The fourth-order valence-corrected chi connectivity index (χ4v) is 5.10. The lowest BCUT2D eigenvalue weighted by Crippen LogP contribution is -2.59. The molecule has 2 fully saturated rings. The fourth-order valence-electron chi connectivity index (χ4n) is 5.10. The van der Waals surface area contributed by atoms with Crippen LogP contribution in [-0.4, -0.2) is 62.5 Å². The van der Waals surface area contributed by atoms with E-state index in [4.69, 9.17) is 9.72 Å². The molecule has 3 heterocycles. The number of ether oxygens (including phenoxy) is 1. The van der Waals surface area contributed by atoms with Crippen LogP contribution in [0.4, 0.5) is 5.95 Å². The molecule has 0 spiro atoms. The lowest BCUT2D eigenvalue weighted by molar-refractivity contribution is -0.0261. The van der Waals surface area contributed by atoms with Crippen LogP contribution in [0.25, 0.3) is 16.7 Å². The first kappa shape index (κ1) is 19.3. The van der Waals surface area contributed by atoms with Crippen LogP contribution in [0.3, 0.4) is 0 Å². The van der Waals surface area contributed by atoms with Crippen LogP contribution in [0.2, 0.25) is 0 Å². The van der Waals surface area contributed by atoms with Gasteiger partial charge in [0.1, 0.15) is 5.39 Å². The highest BCUT2D eigenvalue weighted by molar-refractivity contribution is 5.76. The molecule has 2 N–H and O–H groups in total. The summed E-state index contributed by atoms with van der Waals surface area (Å²) in [4.78, 5) is 23.0. The summed E-state index contributed by atoms with van der Waals surface area (Å²) < 4.78 is 7.30. The van der Waals surface area contributed by atoms with Gasteiger partial charge < -0.3 is 10.1 Å². The summed E-state index contributed by atoms with van der Waals surface area (Å²) in [7, 11) is 0. The number of H-pyrrole nitrogens is 1. The maximum absolute atomic E-state index is 12.7. The number of aromatic amines is 1. The summed E-state index contributed by atoms with van der Waals surface area (Å²) in [6.45, 7) is 5.68. The van der Waals surface area contributed by atoms with E-state index in [0.29, 0.717) is 17.0 Å². The Hall–Kier alpha value is -2.71. The Kier molecular flexibility index (Phi) is 5.04. The topological polar surface area (TPSA) is 88.1 Å². The normalized spacial score (nSPS) is 20.4. The molecule has 1 saturated heterocycles. The van der Waals surface area contributed by atoms with Crippen LogP contribution in [0.5, 0.6) is 0 Å². The first-order valence-corrected chi connectivity index (χ1v) is 10.8. The number of anilines is 1. The third kappa shape index (κ3) is 3.30. The Morgan fingerprint density at radius 1 is 1.17 bits per heavy atom. The number of benzene rings is 1. The lowest BCUT2D eigenvalue weighted by Gasteiger charge is -2.47. The maximum atomic E-state index is 12.7. The van der Waals surface area contributed by atoms with E-state index in [1.54, 1.807) is 10.9 Å². The average molecular weight is 409 g/mol. The molecule has 1 aromatic carbocycles. The second-order valence-corrected chi connectivity index (χ2v) is 8.32. The second kappa shape index (κ2) is 7.85. The Morgan fingerprint density at radius 3 is 2.63 bits per heavy atom. The van der Waals surface area contributed by atoms with Crippen LogP contribution >= 0.6 is 0 Å². The van der Waals surface area contributed by atoms with Gasteiger partial charge in [-0.3, -0.25) is 14.7 Å². The fraction of sp³-hybridized carbons (Fsp3) is 0.500. The summed E-state index contributed by atoms with van der Waals surface area (Å²) in [6, 6.07) is 9.91. The number of nitrogens with one attached hydrogen (secondary N) is 2. The summed E-state index contributed by atoms with van der Waals surface area (Å²) in [5, 5.41) is 8.42. The molecule has 2 aliphatic rings. The number of hydrogen-bond acceptors (Lipinski definition) is 6. The number of fused-ring (bicyclic) bond motifs is 1. The van der Waals surface area contributed by atoms with Crippen LogP contribution in [0.15, 0.2) is 41.3 Å². The van der Waals surface area contributed by atoms with Crippen LogP contribution < -0.4 is 10.9 Å². The zero-order chi connectivity index (χ0) is 20.6. The monoisotopic (exact) mass is 408 g/mol. The zero-order valence-corrected chi connectivity index (χ0v) is 17.3. The van der Waals surface area contributed by atoms with E-state index in [2.05, 4.69) is 27.2 Å². The highest BCUT2D eigenvalue weighted by Gasteiger charge is 2.44. The van der Waals surface area contributed by atoms with Crippen molar-refractivity contribution in [3.05, 3.63) is 46.9 Å². The molecule has 5 rings (SSSR count). The molecule has 30 heavy (non-hydrogen) atoms. The van der Waals surface area contributed by atoms with Gasteiger partial charge in [0.05, 0.1) is 25.1 Å². The minimum atomic E-state index is -0.177. The first-order chi connectivity index (χ1) is 14.7. The average Bonchev–Trinajstić information content (AvgIpc) is 3.44. The van der Waals surface area contributed by atoms with Crippen molar-refractivity contribution < 1.29 is 4.74 Å². The third-order valence-corrected chi connectivity index (χ3v) is 6.71.